The summed E-state index contributed by atoms with van der Waals surface area (Å²) in [5.41, 5.74) is 0.631. The molecule has 0 saturated heterocycles. The van der Waals surface area contributed by atoms with E-state index in [1.54, 1.807) is 31.2 Å². The van der Waals surface area contributed by atoms with Crippen LogP contribution in [0, 0.1) is 13.8 Å². The molecule has 3 aromatic rings. The molecule has 6 nitrogen and oxygen atoms in total. The summed E-state index contributed by atoms with van der Waals surface area (Å²) in [5, 5.41) is 11.2. The lowest BCUT2D eigenvalue weighted by atomic mass is 10.1. The van der Waals surface area contributed by atoms with Crippen molar-refractivity contribution in [2.45, 2.75) is 13.8 Å². The second-order valence-electron chi connectivity index (χ2n) is 6.05. The van der Waals surface area contributed by atoms with E-state index in [-0.39, 0.29) is 10.6 Å². The molecular formula is C19H14BrCl2N3O3. The smallest absolute Gasteiger partial charge is 0.335 e. The second-order valence-corrected chi connectivity index (χ2v) is 7.69. The highest BCUT2D eigenvalue weighted by molar-refractivity contribution is 9.10. The maximum absolute atomic E-state index is 12.4. The van der Waals surface area contributed by atoms with Crippen LogP contribution < -0.4 is 11.2 Å². The van der Waals surface area contributed by atoms with Crippen LogP contribution in [-0.2, 0) is 0 Å². The van der Waals surface area contributed by atoms with Gasteiger partial charge in [0, 0.05) is 10.7 Å². The van der Waals surface area contributed by atoms with Crippen LogP contribution in [0.4, 0.5) is 5.69 Å². The van der Waals surface area contributed by atoms with Gasteiger partial charge in [-0.15, -0.1) is 0 Å². The Morgan fingerprint density at radius 3 is 2.61 bits per heavy atom. The maximum Gasteiger partial charge on any atom is 0.335 e. The van der Waals surface area contributed by atoms with E-state index in [1.165, 1.54) is 0 Å². The first kappa shape index (κ1) is 20.4. The van der Waals surface area contributed by atoms with Gasteiger partial charge in [-0.1, -0.05) is 45.2 Å². The van der Waals surface area contributed by atoms with Crippen LogP contribution in [0.1, 0.15) is 16.7 Å². The SMILES string of the molecule is Cc1cc(-n2c(O)c(C=Nc3cccc(Cl)c3Cl)c(=O)[nH]c2=O)c(C)cc1Br. The number of benzene rings is 2. The van der Waals surface area contributed by atoms with Crippen LogP contribution in [0.15, 0.2) is 49.4 Å². The summed E-state index contributed by atoms with van der Waals surface area (Å²) in [6, 6.07) is 8.41. The van der Waals surface area contributed by atoms with E-state index in [0.29, 0.717) is 16.4 Å². The van der Waals surface area contributed by atoms with Crippen LogP contribution >= 0.6 is 39.1 Å². The zero-order valence-corrected chi connectivity index (χ0v) is 17.9. The van der Waals surface area contributed by atoms with Crippen molar-refractivity contribution in [3.8, 4) is 11.6 Å². The Hall–Kier alpha value is -2.35. The van der Waals surface area contributed by atoms with E-state index in [2.05, 4.69) is 25.9 Å². The van der Waals surface area contributed by atoms with Gasteiger partial charge >= 0.3 is 5.69 Å². The summed E-state index contributed by atoms with van der Waals surface area (Å²) in [7, 11) is 0. The molecule has 144 valence electrons. The molecule has 0 amide bonds. The molecule has 1 heterocycles. The van der Waals surface area contributed by atoms with Crippen molar-refractivity contribution in [1.29, 1.82) is 0 Å². The molecule has 9 heteroatoms. The number of nitrogens with zero attached hydrogens (tertiary/aromatic N) is 2. The molecule has 0 aliphatic heterocycles. The Kier molecular flexibility index (Phi) is 5.79. The summed E-state index contributed by atoms with van der Waals surface area (Å²) < 4.78 is 1.89. The standard InChI is InChI=1S/C19H14BrCl2N3O3/c1-9-7-15(10(2)6-12(9)20)25-18(27)11(17(26)24-19(25)28)8-23-14-5-3-4-13(21)16(14)22/h3-8,27H,1-2H3,(H,24,26,28). The number of rotatable bonds is 3. The summed E-state index contributed by atoms with van der Waals surface area (Å²) in [5.74, 6) is -0.527. The van der Waals surface area contributed by atoms with E-state index in [4.69, 9.17) is 23.2 Å². The van der Waals surface area contributed by atoms with Crippen LogP contribution in [0.25, 0.3) is 5.69 Å². The van der Waals surface area contributed by atoms with E-state index in [0.717, 1.165) is 26.4 Å². The van der Waals surface area contributed by atoms with Gasteiger partial charge in [0.25, 0.3) is 5.56 Å². The number of aliphatic imine (C=N–C) groups is 1. The van der Waals surface area contributed by atoms with E-state index in [1.807, 2.05) is 13.0 Å². The minimum Gasteiger partial charge on any atom is -0.493 e. The summed E-state index contributed by atoms with van der Waals surface area (Å²) in [4.78, 5) is 31.0. The Bertz CT molecular complexity index is 1230. The maximum atomic E-state index is 12.4. The minimum absolute atomic E-state index is 0.185. The topological polar surface area (TPSA) is 87.4 Å². The Morgan fingerprint density at radius 2 is 1.89 bits per heavy atom. The number of H-pyrrole nitrogens is 1. The fourth-order valence-corrected chi connectivity index (χ4v) is 3.41. The molecular weight excluding hydrogens is 469 g/mol. The Balaban J connectivity index is 2.20. The summed E-state index contributed by atoms with van der Waals surface area (Å²) >= 11 is 15.5. The largest absolute Gasteiger partial charge is 0.493 e. The average Bonchev–Trinajstić information content (AvgIpc) is 2.62. The molecule has 3 rings (SSSR count). The van der Waals surface area contributed by atoms with Gasteiger partial charge in [-0.25, -0.2) is 9.36 Å². The van der Waals surface area contributed by atoms with E-state index < -0.39 is 17.1 Å². The highest BCUT2D eigenvalue weighted by atomic mass is 79.9. The van der Waals surface area contributed by atoms with Gasteiger partial charge in [-0.2, -0.15) is 0 Å². The lowest BCUT2D eigenvalue weighted by Gasteiger charge is -2.14. The van der Waals surface area contributed by atoms with Crippen LogP contribution in [0.5, 0.6) is 5.88 Å². The molecule has 28 heavy (non-hydrogen) atoms. The molecule has 2 aromatic carbocycles. The molecule has 0 atom stereocenters. The average molecular weight is 483 g/mol. The number of nitrogens with one attached hydrogen (secondary N) is 1. The lowest BCUT2D eigenvalue weighted by Crippen LogP contribution is -2.31. The van der Waals surface area contributed by atoms with E-state index in [9.17, 15) is 14.7 Å². The van der Waals surface area contributed by atoms with Gasteiger partial charge < -0.3 is 5.11 Å². The Labute approximate surface area is 178 Å². The van der Waals surface area contributed by atoms with Gasteiger partial charge in [-0.05, 0) is 49.2 Å². The molecule has 0 saturated carbocycles. The van der Waals surface area contributed by atoms with Gasteiger partial charge in [0.05, 0.1) is 21.4 Å². The molecule has 0 spiro atoms. The molecule has 1 aromatic heterocycles. The van der Waals surface area contributed by atoms with Crippen molar-refractivity contribution in [3.05, 3.63) is 82.4 Å². The highest BCUT2D eigenvalue weighted by Crippen LogP contribution is 2.32. The van der Waals surface area contributed by atoms with Crippen molar-refractivity contribution in [3.63, 3.8) is 0 Å². The first-order valence-electron chi connectivity index (χ1n) is 8.04. The van der Waals surface area contributed by atoms with E-state index >= 15 is 0 Å². The summed E-state index contributed by atoms with van der Waals surface area (Å²) in [6.45, 7) is 3.64. The predicted molar refractivity (Wildman–Crippen MR) is 115 cm³/mol. The number of hydrogen-bond donors (Lipinski definition) is 2. The molecule has 0 radical (unpaired) electrons. The molecule has 0 bridgehead atoms. The zero-order chi connectivity index (χ0) is 20.6. The molecule has 0 aliphatic rings. The molecule has 0 fully saturated rings. The first-order chi connectivity index (χ1) is 13.2. The summed E-state index contributed by atoms with van der Waals surface area (Å²) in [6.07, 6.45) is 1.14. The van der Waals surface area contributed by atoms with Crippen LogP contribution in [0.2, 0.25) is 10.0 Å². The molecule has 0 aliphatic carbocycles. The van der Waals surface area contributed by atoms with Crippen molar-refractivity contribution in [2.24, 2.45) is 4.99 Å². The third-order valence-corrected chi connectivity index (χ3v) is 5.77. The monoisotopic (exact) mass is 481 g/mol. The molecule has 0 unspecified atom stereocenters. The van der Waals surface area contributed by atoms with Gasteiger partial charge in [-0.3, -0.25) is 14.8 Å². The van der Waals surface area contributed by atoms with Crippen molar-refractivity contribution in [2.75, 3.05) is 0 Å². The van der Waals surface area contributed by atoms with Gasteiger partial charge in [0.15, 0.2) is 0 Å². The number of aromatic nitrogens is 2. The van der Waals surface area contributed by atoms with Crippen LogP contribution in [-0.4, -0.2) is 20.9 Å². The van der Waals surface area contributed by atoms with Crippen molar-refractivity contribution >= 4 is 51.0 Å². The number of aromatic hydroxyl groups is 1. The lowest BCUT2D eigenvalue weighted by molar-refractivity contribution is 0.430. The quantitative estimate of drug-likeness (QED) is 0.532. The number of aromatic amines is 1. The van der Waals surface area contributed by atoms with Crippen LogP contribution in [0.3, 0.4) is 0 Å². The fraction of sp³-hybridized carbons (Fsp3) is 0.105. The molecule has 2 N–H and O–H groups in total. The minimum atomic E-state index is -0.771. The highest BCUT2D eigenvalue weighted by Gasteiger charge is 2.17. The van der Waals surface area contributed by atoms with Gasteiger partial charge in [0.1, 0.15) is 5.56 Å². The van der Waals surface area contributed by atoms with Crippen molar-refractivity contribution in [1.82, 2.24) is 9.55 Å². The normalized spacial score (nSPS) is 11.3. The number of hydrogen-bond acceptors (Lipinski definition) is 4. The third-order valence-electron chi connectivity index (χ3n) is 4.10. The number of aryl methyl sites for hydroxylation is 2. The van der Waals surface area contributed by atoms with Gasteiger partial charge in [0.2, 0.25) is 5.88 Å². The van der Waals surface area contributed by atoms with Crippen molar-refractivity contribution < 1.29 is 5.11 Å². The Morgan fingerprint density at radius 1 is 1.18 bits per heavy atom. The third kappa shape index (κ3) is 3.78. The fourth-order valence-electron chi connectivity index (χ4n) is 2.61. The predicted octanol–water partition coefficient (Wildman–Crippen LogP) is 4.67. The number of halogens is 3. The first-order valence-corrected chi connectivity index (χ1v) is 9.59. The zero-order valence-electron chi connectivity index (χ0n) is 14.8. The second kappa shape index (κ2) is 7.95.